The van der Waals surface area contributed by atoms with Crippen LogP contribution in [0, 0.1) is 0 Å². The Morgan fingerprint density at radius 3 is 1.30 bits per heavy atom. The summed E-state index contributed by atoms with van der Waals surface area (Å²) >= 11 is 0. The fraction of sp³-hybridized carbons (Fsp3) is 0.750. The molecule has 1 aliphatic carbocycles. The van der Waals surface area contributed by atoms with Crippen molar-refractivity contribution < 1.29 is 10.9 Å². The van der Waals surface area contributed by atoms with Crippen molar-refractivity contribution in [3.05, 3.63) is 22.1 Å². The fourth-order valence-electron chi connectivity index (χ4n) is 3.68. The first kappa shape index (κ1) is 18.1. The third-order valence-corrected chi connectivity index (χ3v) is 45.1. The minimum atomic E-state index is -5.44. The van der Waals surface area contributed by atoms with E-state index in [0.717, 1.165) is 6.42 Å². The van der Waals surface area contributed by atoms with Crippen LogP contribution >= 0.6 is 0 Å². The van der Waals surface area contributed by atoms with Gasteiger partial charge in [-0.1, -0.05) is 0 Å². The van der Waals surface area contributed by atoms with Crippen LogP contribution in [-0.4, -0.2) is 52.4 Å². The zero-order valence-electron chi connectivity index (χ0n) is 15.8. The zero-order valence-corrected chi connectivity index (χ0v) is 17.3. The van der Waals surface area contributed by atoms with Crippen molar-refractivity contribution in [2.75, 3.05) is 42.3 Å². The Kier molecular flexibility index (Phi) is 2.08. The molecule has 3 nitrogen and oxygen atoms in total. The quantitative estimate of drug-likeness (QED) is 0.714. The molecule has 0 amide bonds. The van der Waals surface area contributed by atoms with E-state index < -0.39 is 10.9 Å². The second-order valence-corrected chi connectivity index (χ2v) is 51.4. The van der Waals surface area contributed by atoms with Gasteiger partial charge in [-0.15, -0.1) is 0 Å². The first-order valence-electron chi connectivity index (χ1n) is 7.82. The second kappa shape index (κ2) is 2.30. The SMILES string of the molecule is C[N](C)[Ti]([CH3])([CH3])([CH3])([CH3])([CH3])([C]1=CC=CC1)([N](C)C)[N](C)C. The summed E-state index contributed by atoms with van der Waals surface area (Å²) in [5.41, 5.74) is 0. The molecular formula is C16H38N3Ti. The monoisotopic (exact) mass is 320 g/mol. The molecule has 121 valence electrons. The Hall–Kier alpha value is 0.0743. The molecule has 0 saturated carbocycles. The molecule has 0 bridgehead atoms. The number of allylic oxidation sites excluding steroid dienone is 4. The van der Waals surface area contributed by atoms with Crippen LogP contribution in [0.15, 0.2) is 22.1 Å². The van der Waals surface area contributed by atoms with Gasteiger partial charge in [0.25, 0.3) is 0 Å². The zero-order chi connectivity index (χ0) is 16.5. The molecule has 0 spiro atoms. The van der Waals surface area contributed by atoms with Crippen LogP contribution in [0.5, 0.6) is 0 Å². The molecule has 1 aliphatic rings. The van der Waals surface area contributed by atoms with E-state index in [1.807, 2.05) is 0 Å². The van der Waals surface area contributed by atoms with Crippen molar-refractivity contribution in [1.82, 2.24) is 10.1 Å². The second-order valence-electron chi connectivity index (χ2n) is 14.2. The number of hydrogen-bond donors (Lipinski definition) is 0. The Balaban J connectivity index is 4.52. The first-order chi connectivity index (χ1) is 8.22. The summed E-state index contributed by atoms with van der Waals surface area (Å²) in [5, 5.41) is 12.6. The minimum absolute atomic E-state index is 0.994. The van der Waals surface area contributed by atoms with Gasteiger partial charge in [-0.2, -0.15) is 0 Å². The molecule has 0 radical (unpaired) electrons. The van der Waals surface area contributed by atoms with E-state index in [-0.39, 0.29) is 0 Å². The average Bonchev–Trinajstić information content (AvgIpc) is 2.70. The van der Waals surface area contributed by atoms with Gasteiger partial charge in [0.2, 0.25) is 0 Å². The maximum atomic E-state index is 2.51. The van der Waals surface area contributed by atoms with Crippen LogP contribution in [0.1, 0.15) is 6.42 Å². The maximum absolute atomic E-state index is 5.44. The van der Waals surface area contributed by atoms with Gasteiger partial charge in [0.05, 0.1) is 0 Å². The molecule has 0 N–H and O–H groups in total. The number of nitrogens with zero attached hydrogens (tertiary/aromatic N) is 3. The van der Waals surface area contributed by atoms with E-state index in [0.29, 0.717) is 0 Å². The third-order valence-electron chi connectivity index (χ3n) is 11.4. The molecule has 20 heavy (non-hydrogen) atoms. The van der Waals surface area contributed by atoms with Gasteiger partial charge in [-0.3, -0.25) is 0 Å². The van der Waals surface area contributed by atoms with Crippen LogP contribution in [0.2, 0.25) is 26.1 Å². The topological polar surface area (TPSA) is 9.72 Å². The molecule has 0 aliphatic heterocycles. The van der Waals surface area contributed by atoms with Crippen LogP contribution in [0.25, 0.3) is 0 Å². The van der Waals surface area contributed by atoms with Crippen molar-refractivity contribution in [2.24, 2.45) is 0 Å². The van der Waals surface area contributed by atoms with Gasteiger partial charge in [0.15, 0.2) is 0 Å². The summed E-state index contributed by atoms with van der Waals surface area (Å²) in [6, 6.07) is 0. The Morgan fingerprint density at radius 2 is 1.10 bits per heavy atom. The summed E-state index contributed by atoms with van der Waals surface area (Å²) in [6.07, 6.45) is 7.81. The van der Waals surface area contributed by atoms with Crippen molar-refractivity contribution in [1.29, 1.82) is 0 Å². The van der Waals surface area contributed by atoms with E-state index >= 15 is 0 Å². The number of hydrogen-bond acceptors (Lipinski definition) is 3. The summed E-state index contributed by atoms with van der Waals surface area (Å²) < 4.78 is 9.03. The van der Waals surface area contributed by atoms with Crippen molar-refractivity contribution in [3.63, 3.8) is 0 Å². The number of rotatable bonds is 4. The van der Waals surface area contributed by atoms with E-state index in [4.69, 9.17) is 0 Å². The van der Waals surface area contributed by atoms with E-state index in [1.165, 1.54) is 3.88 Å². The van der Waals surface area contributed by atoms with Crippen LogP contribution in [0.4, 0.5) is 0 Å². The van der Waals surface area contributed by atoms with Gasteiger partial charge < -0.3 is 0 Å². The molecule has 0 aromatic heterocycles. The van der Waals surface area contributed by atoms with Crippen LogP contribution < -0.4 is 0 Å². The Bertz CT molecular complexity index is 569. The van der Waals surface area contributed by atoms with Crippen molar-refractivity contribution >= 4 is 0 Å². The summed E-state index contributed by atoms with van der Waals surface area (Å²) in [7, 11) is 7.99. The van der Waals surface area contributed by atoms with Gasteiger partial charge in [0.1, 0.15) is 0 Å². The third kappa shape index (κ3) is 1.04. The predicted molar refractivity (Wildman–Crippen MR) is 92.2 cm³/mol. The molecular weight excluding hydrogens is 282 g/mol. The van der Waals surface area contributed by atoms with Crippen molar-refractivity contribution in [2.45, 2.75) is 32.6 Å². The van der Waals surface area contributed by atoms with E-state index in [1.54, 1.807) is 0 Å². The van der Waals surface area contributed by atoms with Gasteiger partial charge in [0, 0.05) is 0 Å². The Labute approximate surface area is 118 Å². The van der Waals surface area contributed by atoms with Gasteiger partial charge >= 0.3 is 118 Å². The average molecular weight is 320 g/mol. The molecule has 0 fully saturated rings. The summed E-state index contributed by atoms with van der Waals surface area (Å²) in [4.78, 5) is 0. The molecule has 0 unspecified atom stereocenters. The molecule has 1 rings (SSSR count). The standard InChI is InChI=1S/C5H5.3C2H6N.5CH3.Ti/c1-2-4-5-3-1;3*1-3-2;;;;;;/h1-3H,4H2;3*1-2H3;5*1H3;/q;3*-1;;;;;;+3. The van der Waals surface area contributed by atoms with E-state index in [2.05, 4.69) is 96.8 Å². The summed E-state index contributed by atoms with van der Waals surface area (Å²) in [5.74, 6) is 0. The molecule has 0 aromatic carbocycles. The summed E-state index contributed by atoms with van der Waals surface area (Å²) in [6.45, 7) is 0. The van der Waals surface area contributed by atoms with Crippen LogP contribution in [-0.2, 0) is 10.9 Å². The predicted octanol–water partition coefficient (Wildman–Crippen LogP) is 4.33. The molecule has 0 atom stereocenters. The van der Waals surface area contributed by atoms with E-state index in [9.17, 15) is 0 Å². The van der Waals surface area contributed by atoms with Gasteiger partial charge in [-0.25, -0.2) is 0 Å². The Morgan fingerprint density at radius 1 is 0.750 bits per heavy atom. The molecule has 0 heterocycles. The molecule has 0 aromatic rings. The molecule has 4 heteroatoms. The van der Waals surface area contributed by atoms with Crippen molar-refractivity contribution in [3.8, 4) is 0 Å². The first-order valence-corrected chi connectivity index (χ1v) is 18.5. The normalized spacial score (nSPS) is 27.3. The molecule has 0 saturated heterocycles. The van der Waals surface area contributed by atoms with Crippen LogP contribution in [0.3, 0.4) is 0 Å². The fourth-order valence-corrected chi connectivity index (χ4v) is 14.1. The van der Waals surface area contributed by atoms with Gasteiger partial charge in [-0.05, 0) is 0 Å².